The predicted molar refractivity (Wildman–Crippen MR) is 110 cm³/mol. The first-order valence-corrected chi connectivity index (χ1v) is 9.23. The van der Waals surface area contributed by atoms with Crippen molar-refractivity contribution in [2.24, 2.45) is 0 Å². The summed E-state index contributed by atoms with van der Waals surface area (Å²) in [5.74, 6) is 0.886. The monoisotopic (exact) mass is 397 g/mol. The van der Waals surface area contributed by atoms with Crippen molar-refractivity contribution in [1.82, 2.24) is 15.0 Å². The number of hydrogen-bond donors (Lipinski definition) is 2. The van der Waals surface area contributed by atoms with Crippen LogP contribution >= 0.6 is 11.6 Å². The Hall–Kier alpha value is -3.19. The fourth-order valence-electron chi connectivity index (χ4n) is 2.49. The summed E-state index contributed by atoms with van der Waals surface area (Å²) in [6.07, 6.45) is 3.65. The summed E-state index contributed by atoms with van der Waals surface area (Å²) in [5, 5.41) is 6.89. The van der Waals surface area contributed by atoms with Crippen molar-refractivity contribution in [3.05, 3.63) is 59.9 Å². The fraction of sp³-hybridized carbons (Fsp3) is 0.200. The van der Waals surface area contributed by atoms with Gasteiger partial charge in [-0.1, -0.05) is 17.7 Å². The van der Waals surface area contributed by atoms with Crippen LogP contribution in [0.1, 0.15) is 13.3 Å². The van der Waals surface area contributed by atoms with Crippen LogP contribution in [-0.4, -0.2) is 34.1 Å². The molecule has 0 fully saturated rings. The number of ether oxygens (including phenoxy) is 1. The van der Waals surface area contributed by atoms with E-state index < -0.39 is 0 Å². The first-order valence-electron chi connectivity index (χ1n) is 8.85. The molecule has 28 heavy (non-hydrogen) atoms. The van der Waals surface area contributed by atoms with E-state index in [2.05, 4.69) is 25.6 Å². The summed E-state index contributed by atoms with van der Waals surface area (Å²) >= 11 is 6.01. The van der Waals surface area contributed by atoms with E-state index in [4.69, 9.17) is 16.3 Å². The van der Waals surface area contributed by atoms with Crippen LogP contribution in [0.5, 0.6) is 0 Å². The maximum absolute atomic E-state index is 11.4. The minimum absolute atomic E-state index is 0.237. The fourth-order valence-corrected chi connectivity index (χ4v) is 2.68. The van der Waals surface area contributed by atoms with Gasteiger partial charge in [-0.15, -0.1) is 0 Å². The lowest BCUT2D eigenvalue weighted by Crippen LogP contribution is -2.11. The van der Waals surface area contributed by atoms with Gasteiger partial charge in [0.05, 0.1) is 18.7 Å². The number of anilines is 3. The lowest BCUT2D eigenvalue weighted by Gasteiger charge is -2.09. The summed E-state index contributed by atoms with van der Waals surface area (Å²) in [5.41, 5.74) is 2.43. The Bertz CT molecular complexity index is 951. The highest BCUT2D eigenvalue weighted by Gasteiger charge is 2.06. The average Bonchev–Trinajstić information content (AvgIpc) is 2.69. The molecule has 3 aromatic rings. The second-order valence-corrected chi connectivity index (χ2v) is 6.25. The molecule has 2 aromatic heterocycles. The van der Waals surface area contributed by atoms with Crippen molar-refractivity contribution in [1.29, 1.82) is 0 Å². The predicted octanol–water partition coefficient (Wildman–Crippen LogP) is 4.30. The van der Waals surface area contributed by atoms with Gasteiger partial charge >= 0.3 is 5.97 Å². The van der Waals surface area contributed by atoms with Crippen molar-refractivity contribution in [2.75, 3.05) is 23.8 Å². The zero-order chi connectivity index (χ0) is 19.8. The first-order chi connectivity index (χ1) is 13.6. The molecule has 0 bridgehead atoms. The van der Waals surface area contributed by atoms with Crippen LogP contribution < -0.4 is 10.6 Å². The van der Waals surface area contributed by atoms with Gasteiger partial charge < -0.3 is 15.4 Å². The summed E-state index contributed by atoms with van der Waals surface area (Å²) in [7, 11) is 0. The lowest BCUT2D eigenvalue weighted by molar-refractivity contribution is -0.142. The average molecular weight is 398 g/mol. The molecule has 0 amide bonds. The molecule has 0 saturated heterocycles. The van der Waals surface area contributed by atoms with Crippen LogP contribution in [0.2, 0.25) is 5.02 Å². The van der Waals surface area contributed by atoms with Crippen molar-refractivity contribution in [3.63, 3.8) is 0 Å². The minimum atomic E-state index is -0.237. The van der Waals surface area contributed by atoms with Crippen LogP contribution in [0.3, 0.4) is 0 Å². The van der Waals surface area contributed by atoms with E-state index in [-0.39, 0.29) is 12.4 Å². The molecular weight excluding hydrogens is 378 g/mol. The maximum atomic E-state index is 11.4. The van der Waals surface area contributed by atoms with E-state index >= 15 is 0 Å². The van der Waals surface area contributed by atoms with Crippen molar-refractivity contribution < 1.29 is 9.53 Å². The summed E-state index contributed by atoms with van der Waals surface area (Å²) in [6, 6.07) is 12.9. The Morgan fingerprint density at radius 1 is 1.14 bits per heavy atom. The molecule has 0 spiro atoms. The first kappa shape index (κ1) is 19.6. The van der Waals surface area contributed by atoms with Crippen LogP contribution in [0.15, 0.2) is 54.9 Å². The Labute approximate surface area is 168 Å². The Morgan fingerprint density at radius 3 is 2.82 bits per heavy atom. The lowest BCUT2D eigenvalue weighted by atomic mass is 10.2. The number of nitrogens with zero attached hydrogens (tertiary/aromatic N) is 3. The van der Waals surface area contributed by atoms with E-state index in [1.54, 1.807) is 31.5 Å². The Balaban J connectivity index is 1.69. The third-order valence-corrected chi connectivity index (χ3v) is 3.97. The zero-order valence-electron chi connectivity index (χ0n) is 15.4. The zero-order valence-corrected chi connectivity index (χ0v) is 16.1. The molecule has 2 heterocycles. The largest absolute Gasteiger partial charge is 0.466 e. The van der Waals surface area contributed by atoms with Crippen LogP contribution in [0.25, 0.3) is 11.3 Å². The topological polar surface area (TPSA) is 89.0 Å². The van der Waals surface area contributed by atoms with Crippen molar-refractivity contribution in [2.45, 2.75) is 13.3 Å². The highest BCUT2D eigenvalue weighted by atomic mass is 35.5. The van der Waals surface area contributed by atoms with Gasteiger partial charge in [0.1, 0.15) is 5.82 Å². The second kappa shape index (κ2) is 9.66. The van der Waals surface area contributed by atoms with Gasteiger partial charge in [-0.25, -0.2) is 15.0 Å². The van der Waals surface area contributed by atoms with Crippen LogP contribution in [0.4, 0.5) is 17.5 Å². The molecule has 0 radical (unpaired) electrons. The molecule has 0 unspecified atom stereocenters. The molecule has 0 saturated carbocycles. The number of nitrogens with one attached hydrogen (secondary N) is 2. The van der Waals surface area contributed by atoms with Gasteiger partial charge in [0.2, 0.25) is 5.95 Å². The number of esters is 1. The normalized spacial score (nSPS) is 10.4. The van der Waals surface area contributed by atoms with E-state index in [1.165, 1.54) is 0 Å². The number of hydrogen-bond acceptors (Lipinski definition) is 7. The van der Waals surface area contributed by atoms with E-state index in [0.717, 1.165) is 16.9 Å². The minimum Gasteiger partial charge on any atom is -0.466 e. The number of rotatable bonds is 8. The third kappa shape index (κ3) is 5.65. The number of carbonyl (C=O) groups excluding carboxylic acids is 1. The molecule has 0 aliphatic carbocycles. The summed E-state index contributed by atoms with van der Waals surface area (Å²) in [6.45, 7) is 2.61. The second-order valence-electron chi connectivity index (χ2n) is 5.81. The van der Waals surface area contributed by atoms with E-state index in [1.807, 2.05) is 30.3 Å². The SMILES string of the molecule is CCOC(=O)CCNc1cc(-c2ccnc(Nc3cccc(Cl)c3)n2)ccn1. The number of pyridine rings is 1. The third-order valence-electron chi connectivity index (χ3n) is 3.73. The van der Waals surface area contributed by atoms with Gasteiger partial charge in [0.25, 0.3) is 0 Å². The Morgan fingerprint density at radius 2 is 2.00 bits per heavy atom. The number of carbonyl (C=O) groups is 1. The molecule has 1 aromatic carbocycles. The van der Waals surface area contributed by atoms with Crippen molar-refractivity contribution >= 4 is 35.0 Å². The maximum Gasteiger partial charge on any atom is 0.307 e. The van der Waals surface area contributed by atoms with E-state index in [9.17, 15) is 4.79 Å². The molecule has 3 rings (SSSR count). The molecule has 8 heteroatoms. The molecular formula is C20H20ClN5O2. The molecule has 7 nitrogen and oxygen atoms in total. The molecule has 0 atom stereocenters. The summed E-state index contributed by atoms with van der Waals surface area (Å²) in [4.78, 5) is 24.5. The van der Waals surface area contributed by atoms with Gasteiger partial charge in [-0.05, 0) is 43.3 Å². The smallest absolute Gasteiger partial charge is 0.307 e. The van der Waals surface area contributed by atoms with Gasteiger partial charge in [0.15, 0.2) is 0 Å². The van der Waals surface area contributed by atoms with Crippen molar-refractivity contribution in [3.8, 4) is 11.3 Å². The van der Waals surface area contributed by atoms with Crippen LogP contribution in [0, 0.1) is 0 Å². The summed E-state index contributed by atoms with van der Waals surface area (Å²) < 4.78 is 4.91. The number of halogens is 1. The highest BCUT2D eigenvalue weighted by molar-refractivity contribution is 6.30. The van der Waals surface area contributed by atoms with Gasteiger partial charge in [-0.3, -0.25) is 4.79 Å². The molecule has 0 aliphatic rings. The van der Waals surface area contributed by atoms with E-state index in [0.29, 0.717) is 29.9 Å². The van der Waals surface area contributed by atoms with Gasteiger partial charge in [-0.2, -0.15) is 0 Å². The molecule has 2 N–H and O–H groups in total. The molecule has 144 valence electrons. The molecule has 0 aliphatic heterocycles. The Kier molecular flexibility index (Phi) is 6.75. The van der Waals surface area contributed by atoms with Gasteiger partial charge in [0, 0.05) is 35.2 Å². The van der Waals surface area contributed by atoms with Crippen LogP contribution in [-0.2, 0) is 9.53 Å². The highest BCUT2D eigenvalue weighted by Crippen LogP contribution is 2.22. The standard InChI is InChI=1S/C20H20ClN5O2/c1-2-28-19(27)8-11-23-18-12-14(6-9-22-18)17-7-10-24-20(26-17)25-16-5-3-4-15(21)13-16/h3-7,9-10,12-13H,2,8,11H2,1H3,(H,22,23)(H,24,25,26). The number of benzene rings is 1. The quantitative estimate of drug-likeness (QED) is 0.547. The number of aromatic nitrogens is 3.